The van der Waals surface area contributed by atoms with Crippen molar-refractivity contribution in [3.63, 3.8) is 0 Å². The van der Waals surface area contributed by atoms with E-state index in [9.17, 15) is 0 Å². The van der Waals surface area contributed by atoms with Gasteiger partial charge in [0.05, 0.1) is 10.7 Å². The predicted octanol–water partition coefficient (Wildman–Crippen LogP) is 3.33. The minimum absolute atomic E-state index is 0.791. The lowest BCUT2D eigenvalue weighted by atomic mass is 10.0. The van der Waals surface area contributed by atoms with Crippen LogP contribution in [0, 0.1) is 5.92 Å². The van der Waals surface area contributed by atoms with E-state index in [4.69, 9.17) is 4.98 Å². The lowest BCUT2D eigenvalue weighted by molar-refractivity contribution is 0.346. The fraction of sp³-hybridized carbons (Fsp3) is 0.308. The summed E-state index contributed by atoms with van der Waals surface area (Å²) in [6.07, 6.45) is 1.12. The van der Waals surface area contributed by atoms with Crippen LogP contribution in [0.1, 0.15) is 5.01 Å². The number of halogens is 1. The molecule has 1 N–H and O–H groups in total. The molecule has 0 aliphatic carbocycles. The van der Waals surface area contributed by atoms with Gasteiger partial charge < -0.3 is 5.32 Å². The number of nitrogens with one attached hydrogen (secondary N) is 1. The maximum Gasteiger partial charge on any atom is 0.0936 e. The number of thiazole rings is 1. The number of hydrogen-bond donors (Lipinski definition) is 1. The number of aromatic nitrogens is 1. The summed E-state index contributed by atoms with van der Waals surface area (Å²) in [6, 6.07) is 8.33. The summed E-state index contributed by atoms with van der Waals surface area (Å²) < 4.78 is 1.11. The molecule has 2 heterocycles. The molecule has 1 aliphatic rings. The lowest BCUT2D eigenvalue weighted by Gasteiger charge is -2.25. The molecule has 2 nitrogen and oxygen atoms in total. The zero-order chi connectivity index (χ0) is 11.7. The molecule has 17 heavy (non-hydrogen) atoms. The minimum Gasteiger partial charge on any atom is -0.316 e. The van der Waals surface area contributed by atoms with Crippen LogP contribution in [0.25, 0.3) is 11.3 Å². The molecule has 1 saturated heterocycles. The molecule has 0 spiro atoms. The summed E-state index contributed by atoms with van der Waals surface area (Å²) in [6.45, 7) is 2.29. The molecule has 4 heteroatoms. The number of rotatable bonds is 3. The van der Waals surface area contributed by atoms with Crippen molar-refractivity contribution in [3.8, 4) is 11.3 Å². The van der Waals surface area contributed by atoms with Crippen molar-refractivity contribution < 1.29 is 0 Å². The van der Waals surface area contributed by atoms with Gasteiger partial charge in [0.15, 0.2) is 0 Å². The fourth-order valence-electron chi connectivity index (χ4n) is 1.90. The van der Waals surface area contributed by atoms with E-state index in [1.807, 2.05) is 0 Å². The van der Waals surface area contributed by atoms with Crippen molar-refractivity contribution in [3.05, 3.63) is 39.1 Å². The largest absolute Gasteiger partial charge is 0.316 e. The van der Waals surface area contributed by atoms with Crippen molar-refractivity contribution >= 4 is 27.3 Å². The summed E-state index contributed by atoms with van der Waals surface area (Å²) in [5.74, 6) is 0.791. The maximum absolute atomic E-state index is 4.71. The Kier molecular flexibility index (Phi) is 3.27. The Bertz CT molecular complexity index is 502. The molecule has 0 atom stereocenters. The predicted molar refractivity (Wildman–Crippen MR) is 75.3 cm³/mol. The highest BCUT2D eigenvalue weighted by Crippen LogP contribution is 2.25. The highest BCUT2D eigenvalue weighted by Gasteiger charge is 2.18. The molecule has 3 rings (SSSR count). The van der Waals surface area contributed by atoms with Gasteiger partial charge in [-0.2, -0.15) is 0 Å². The SMILES string of the molecule is Brc1ccc(-c2csc(CC3CNC3)n2)cc1. The van der Waals surface area contributed by atoms with E-state index in [1.54, 1.807) is 11.3 Å². The summed E-state index contributed by atoms with van der Waals surface area (Å²) in [5, 5.41) is 6.71. The van der Waals surface area contributed by atoms with Crippen LogP contribution >= 0.6 is 27.3 Å². The van der Waals surface area contributed by atoms with Crippen molar-refractivity contribution in [1.82, 2.24) is 10.3 Å². The van der Waals surface area contributed by atoms with Crippen LogP contribution in [-0.2, 0) is 6.42 Å². The Hall–Kier alpha value is -0.710. The average molecular weight is 309 g/mol. The zero-order valence-electron chi connectivity index (χ0n) is 9.32. The molecule has 88 valence electrons. The Morgan fingerprint density at radius 3 is 2.71 bits per heavy atom. The fourth-order valence-corrected chi connectivity index (χ4v) is 3.08. The van der Waals surface area contributed by atoms with Crippen LogP contribution in [-0.4, -0.2) is 18.1 Å². The Morgan fingerprint density at radius 2 is 2.06 bits per heavy atom. The van der Waals surface area contributed by atoms with Gasteiger partial charge in [-0.3, -0.25) is 0 Å². The van der Waals surface area contributed by atoms with E-state index < -0.39 is 0 Å². The molecule has 1 aliphatic heterocycles. The highest BCUT2D eigenvalue weighted by molar-refractivity contribution is 9.10. The first-order valence-corrected chi connectivity index (χ1v) is 7.39. The summed E-state index contributed by atoms with van der Waals surface area (Å²) >= 11 is 5.22. The molecule has 2 aromatic rings. The number of hydrogen-bond acceptors (Lipinski definition) is 3. The van der Waals surface area contributed by atoms with Gasteiger partial charge >= 0.3 is 0 Å². The van der Waals surface area contributed by atoms with Gasteiger partial charge in [0.25, 0.3) is 0 Å². The monoisotopic (exact) mass is 308 g/mol. The van der Waals surface area contributed by atoms with Crippen LogP contribution in [0.2, 0.25) is 0 Å². The number of benzene rings is 1. The minimum atomic E-state index is 0.791. The molecule has 1 aromatic carbocycles. The quantitative estimate of drug-likeness (QED) is 0.940. The molecule has 0 saturated carbocycles. The summed E-state index contributed by atoms with van der Waals surface area (Å²) in [7, 11) is 0. The third-order valence-corrected chi connectivity index (χ3v) is 4.42. The van der Waals surface area contributed by atoms with E-state index in [1.165, 1.54) is 10.6 Å². The highest BCUT2D eigenvalue weighted by atomic mass is 79.9. The van der Waals surface area contributed by atoms with Crippen molar-refractivity contribution in [1.29, 1.82) is 0 Å². The van der Waals surface area contributed by atoms with Crippen LogP contribution in [0.15, 0.2) is 34.1 Å². The molecular weight excluding hydrogens is 296 g/mol. The molecular formula is C13H13BrN2S. The van der Waals surface area contributed by atoms with Crippen molar-refractivity contribution in [2.24, 2.45) is 5.92 Å². The molecule has 1 aromatic heterocycles. The second-order valence-electron chi connectivity index (χ2n) is 4.36. The van der Waals surface area contributed by atoms with Gasteiger partial charge in [0, 0.05) is 21.8 Å². The molecule has 0 unspecified atom stereocenters. The first kappa shape index (κ1) is 11.4. The first-order valence-electron chi connectivity index (χ1n) is 5.72. The third kappa shape index (κ3) is 2.59. The van der Waals surface area contributed by atoms with E-state index >= 15 is 0 Å². The van der Waals surface area contributed by atoms with Gasteiger partial charge in [-0.25, -0.2) is 4.98 Å². The van der Waals surface area contributed by atoms with Crippen LogP contribution in [0.4, 0.5) is 0 Å². The summed E-state index contributed by atoms with van der Waals surface area (Å²) in [5.41, 5.74) is 2.30. The van der Waals surface area contributed by atoms with Gasteiger partial charge in [-0.1, -0.05) is 28.1 Å². The van der Waals surface area contributed by atoms with Crippen molar-refractivity contribution in [2.75, 3.05) is 13.1 Å². The Balaban J connectivity index is 1.76. The van der Waals surface area contributed by atoms with Crippen molar-refractivity contribution in [2.45, 2.75) is 6.42 Å². The molecule has 1 fully saturated rings. The van der Waals surface area contributed by atoms with Gasteiger partial charge in [-0.05, 0) is 31.1 Å². The second-order valence-corrected chi connectivity index (χ2v) is 6.22. The standard InChI is InChI=1S/C13H13BrN2S/c14-11-3-1-10(2-4-11)12-8-17-13(16-12)5-9-6-15-7-9/h1-4,8-9,15H,5-7H2. The zero-order valence-corrected chi connectivity index (χ0v) is 11.7. The Labute approximate surface area is 113 Å². The molecule has 0 bridgehead atoms. The van der Waals surface area contributed by atoms with E-state index in [0.29, 0.717) is 0 Å². The molecule has 0 radical (unpaired) electrons. The average Bonchev–Trinajstić information content (AvgIpc) is 2.73. The molecule has 0 amide bonds. The van der Waals surface area contributed by atoms with Crippen LogP contribution in [0.5, 0.6) is 0 Å². The number of nitrogens with zero attached hydrogens (tertiary/aromatic N) is 1. The summed E-state index contributed by atoms with van der Waals surface area (Å²) in [4.78, 5) is 4.71. The Morgan fingerprint density at radius 1 is 1.29 bits per heavy atom. The van der Waals surface area contributed by atoms with E-state index in [-0.39, 0.29) is 0 Å². The topological polar surface area (TPSA) is 24.9 Å². The second kappa shape index (κ2) is 4.88. The lowest BCUT2D eigenvalue weighted by Crippen LogP contribution is -2.43. The van der Waals surface area contributed by atoms with E-state index in [2.05, 4.69) is 50.9 Å². The third-order valence-electron chi connectivity index (χ3n) is 3.02. The smallest absolute Gasteiger partial charge is 0.0936 e. The van der Waals surface area contributed by atoms with Gasteiger partial charge in [0.1, 0.15) is 0 Å². The first-order chi connectivity index (χ1) is 8.31. The van der Waals surface area contributed by atoms with Gasteiger partial charge in [-0.15, -0.1) is 11.3 Å². The normalized spacial score (nSPS) is 15.8. The van der Waals surface area contributed by atoms with Crippen LogP contribution in [0.3, 0.4) is 0 Å². The van der Waals surface area contributed by atoms with E-state index in [0.717, 1.165) is 35.6 Å². The van der Waals surface area contributed by atoms with Crippen LogP contribution < -0.4 is 5.32 Å². The van der Waals surface area contributed by atoms with Gasteiger partial charge in [0.2, 0.25) is 0 Å². The maximum atomic E-state index is 4.71.